The molecule has 2 aromatic heterocycles. The van der Waals surface area contributed by atoms with E-state index in [9.17, 15) is 4.79 Å². The van der Waals surface area contributed by atoms with Gasteiger partial charge in [-0.1, -0.05) is 6.92 Å². The molecule has 0 spiro atoms. The monoisotopic (exact) mass is 218 g/mol. The molecular weight excluding hydrogens is 208 g/mol. The lowest BCUT2D eigenvalue weighted by Gasteiger charge is -1.98. The fraction of sp³-hybridized carbons (Fsp3) is 0.182. The van der Waals surface area contributed by atoms with E-state index in [0.717, 1.165) is 28.8 Å². The predicted octanol–water partition coefficient (Wildman–Crippen LogP) is 2.58. The third-order valence-corrected chi connectivity index (χ3v) is 3.06. The van der Waals surface area contributed by atoms with Crippen LogP contribution in [0.3, 0.4) is 0 Å². The maximum atomic E-state index is 10.5. The molecule has 0 unspecified atom stereocenters. The van der Waals surface area contributed by atoms with Gasteiger partial charge in [0.1, 0.15) is 0 Å². The van der Waals surface area contributed by atoms with Crippen molar-refractivity contribution in [2.24, 2.45) is 0 Å². The highest BCUT2D eigenvalue weighted by Gasteiger charge is 2.04. The van der Waals surface area contributed by atoms with Gasteiger partial charge in [-0.25, -0.2) is 4.98 Å². The van der Waals surface area contributed by atoms with E-state index in [0.29, 0.717) is 5.01 Å². The van der Waals surface area contributed by atoms with E-state index in [1.165, 1.54) is 11.3 Å². The van der Waals surface area contributed by atoms with Crippen molar-refractivity contribution in [3.05, 3.63) is 35.2 Å². The van der Waals surface area contributed by atoms with Crippen LogP contribution < -0.4 is 0 Å². The molecule has 2 rings (SSSR count). The van der Waals surface area contributed by atoms with Crippen molar-refractivity contribution in [2.75, 3.05) is 0 Å². The summed E-state index contributed by atoms with van der Waals surface area (Å²) < 4.78 is 0. The van der Waals surface area contributed by atoms with Gasteiger partial charge in [0, 0.05) is 18.1 Å². The van der Waals surface area contributed by atoms with Crippen LogP contribution in [0.15, 0.2) is 24.5 Å². The van der Waals surface area contributed by atoms with Gasteiger partial charge >= 0.3 is 0 Å². The number of rotatable bonds is 3. The van der Waals surface area contributed by atoms with Crippen LogP contribution in [-0.2, 0) is 6.42 Å². The lowest BCUT2D eigenvalue weighted by Crippen LogP contribution is -1.85. The SMILES string of the molecule is CCc1cc(-c2cnc(C=O)s2)ccn1. The minimum Gasteiger partial charge on any atom is -0.295 e. The molecular formula is C11H10N2OS. The molecule has 0 aliphatic heterocycles. The first-order valence-electron chi connectivity index (χ1n) is 4.69. The van der Waals surface area contributed by atoms with Gasteiger partial charge in [-0.2, -0.15) is 0 Å². The van der Waals surface area contributed by atoms with Crippen LogP contribution in [0.25, 0.3) is 10.4 Å². The molecule has 0 atom stereocenters. The minimum atomic E-state index is 0.514. The number of aryl methyl sites for hydroxylation is 1. The lowest BCUT2D eigenvalue weighted by molar-refractivity contribution is 0.112. The third kappa shape index (κ3) is 2.10. The molecule has 2 heterocycles. The summed E-state index contributed by atoms with van der Waals surface area (Å²) in [5, 5.41) is 0.514. The van der Waals surface area contributed by atoms with Crippen LogP contribution in [0.4, 0.5) is 0 Å². The second-order valence-electron chi connectivity index (χ2n) is 3.07. The predicted molar refractivity (Wildman–Crippen MR) is 60.1 cm³/mol. The number of aromatic nitrogens is 2. The molecule has 0 saturated carbocycles. The summed E-state index contributed by atoms with van der Waals surface area (Å²) in [6.07, 6.45) is 5.20. The molecule has 0 N–H and O–H groups in total. The fourth-order valence-corrected chi connectivity index (χ4v) is 2.03. The van der Waals surface area contributed by atoms with Gasteiger partial charge in [-0.3, -0.25) is 9.78 Å². The number of pyridine rings is 1. The average Bonchev–Trinajstić information content (AvgIpc) is 2.78. The normalized spacial score (nSPS) is 10.2. The van der Waals surface area contributed by atoms with Gasteiger partial charge in [-0.15, -0.1) is 11.3 Å². The maximum Gasteiger partial charge on any atom is 0.178 e. The second-order valence-corrected chi connectivity index (χ2v) is 4.13. The first-order chi connectivity index (χ1) is 7.33. The summed E-state index contributed by atoms with van der Waals surface area (Å²) in [6, 6.07) is 3.96. The summed E-state index contributed by atoms with van der Waals surface area (Å²) in [4.78, 5) is 19.7. The van der Waals surface area contributed by atoms with E-state index in [1.807, 2.05) is 12.1 Å². The van der Waals surface area contributed by atoms with Crippen LogP contribution >= 0.6 is 11.3 Å². The Balaban J connectivity index is 2.39. The Bertz CT molecular complexity index is 479. The number of hydrogen-bond donors (Lipinski definition) is 0. The highest BCUT2D eigenvalue weighted by Crippen LogP contribution is 2.25. The standard InChI is InChI=1S/C11H10N2OS/c1-2-9-5-8(3-4-12-9)10-6-13-11(7-14)15-10/h3-7H,2H2,1H3. The van der Waals surface area contributed by atoms with Crippen LogP contribution in [0.2, 0.25) is 0 Å². The Kier molecular flexibility index (Phi) is 2.87. The highest BCUT2D eigenvalue weighted by molar-refractivity contribution is 7.16. The molecule has 0 aromatic carbocycles. The zero-order chi connectivity index (χ0) is 10.7. The number of hydrogen-bond acceptors (Lipinski definition) is 4. The van der Waals surface area contributed by atoms with Crippen LogP contribution in [0.5, 0.6) is 0 Å². The zero-order valence-electron chi connectivity index (χ0n) is 8.30. The van der Waals surface area contributed by atoms with Gasteiger partial charge in [0.15, 0.2) is 11.3 Å². The average molecular weight is 218 g/mol. The van der Waals surface area contributed by atoms with Crippen molar-refractivity contribution < 1.29 is 4.79 Å². The van der Waals surface area contributed by atoms with E-state index < -0.39 is 0 Å². The molecule has 4 heteroatoms. The molecule has 0 fully saturated rings. The fourth-order valence-electron chi connectivity index (χ4n) is 1.30. The molecule has 0 aliphatic carbocycles. The van der Waals surface area contributed by atoms with Crippen molar-refractivity contribution >= 4 is 17.6 Å². The smallest absolute Gasteiger partial charge is 0.178 e. The quantitative estimate of drug-likeness (QED) is 0.744. The van der Waals surface area contributed by atoms with Gasteiger partial charge < -0.3 is 0 Å². The van der Waals surface area contributed by atoms with Crippen molar-refractivity contribution in [2.45, 2.75) is 13.3 Å². The Hall–Kier alpha value is -1.55. The summed E-state index contributed by atoms with van der Waals surface area (Å²) in [7, 11) is 0. The summed E-state index contributed by atoms with van der Waals surface area (Å²) in [5.74, 6) is 0. The van der Waals surface area contributed by atoms with Crippen LogP contribution in [-0.4, -0.2) is 16.3 Å². The van der Waals surface area contributed by atoms with Crippen LogP contribution in [0, 0.1) is 0 Å². The number of aldehydes is 1. The molecule has 0 saturated heterocycles. The van der Waals surface area contributed by atoms with Gasteiger partial charge in [0.05, 0.1) is 4.88 Å². The van der Waals surface area contributed by atoms with Gasteiger partial charge in [-0.05, 0) is 24.1 Å². The molecule has 3 nitrogen and oxygen atoms in total. The van der Waals surface area contributed by atoms with Crippen molar-refractivity contribution in [1.82, 2.24) is 9.97 Å². The molecule has 0 radical (unpaired) electrons. The molecule has 15 heavy (non-hydrogen) atoms. The third-order valence-electron chi connectivity index (χ3n) is 2.09. The number of nitrogens with zero attached hydrogens (tertiary/aromatic N) is 2. The Morgan fingerprint density at radius 1 is 1.47 bits per heavy atom. The van der Waals surface area contributed by atoms with Gasteiger partial charge in [0.25, 0.3) is 0 Å². The topological polar surface area (TPSA) is 42.9 Å². The van der Waals surface area contributed by atoms with E-state index in [-0.39, 0.29) is 0 Å². The Morgan fingerprint density at radius 2 is 2.33 bits per heavy atom. The van der Waals surface area contributed by atoms with Crippen LogP contribution in [0.1, 0.15) is 22.4 Å². The zero-order valence-corrected chi connectivity index (χ0v) is 9.12. The Morgan fingerprint density at radius 3 is 3.00 bits per heavy atom. The van der Waals surface area contributed by atoms with E-state index in [4.69, 9.17) is 0 Å². The maximum absolute atomic E-state index is 10.5. The molecule has 2 aromatic rings. The lowest BCUT2D eigenvalue weighted by atomic mass is 10.2. The van der Waals surface area contributed by atoms with E-state index in [1.54, 1.807) is 12.4 Å². The van der Waals surface area contributed by atoms with Crippen molar-refractivity contribution in [1.29, 1.82) is 0 Å². The van der Waals surface area contributed by atoms with Gasteiger partial charge in [0.2, 0.25) is 0 Å². The molecule has 76 valence electrons. The summed E-state index contributed by atoms with van der Waals surface area (Å²) in [6.45, 7) is 2.07. The molecule has 0 amide bonds. The summed E-state index contributed by atoms with van der Waals surface area (Å²) in [5.41, 5.74) is 2.13. The highest BCUT2D eigenvalue weighted by atomic mass is 32.1. The molecule has 0 aliphatic rings. The van der Waals surface area contributed by atoms with Crippen molar-refractivity contribution in [3.63, 3.8) is 0 Å². The van der Waals surface area contributed by atoms with E-state index >= 15 is 0 Å². The number of thiazole rings is 1. The number of carbonyl (C=O) groups is 1. The minimum absolute atomic E-state index is 0.514. The molecule has 0 bridgehead atoms. The van der Waals surface area contributed by atoms with E-state index in [2.05, 4.69) is 16.9 Å². The Labute approximate surface area is 91.8 Å². The second kappa shape index (κ2) is 4.31. The van der Waals surface area contributed by atoms with Crippen molar-refractivity contribution in [3.8, 4) is 10.4 Å². The first-order valence-corrected chi connectivity index (χ1v) is 5.51. The largest absolute Gasteiger partial charge is 0.295 e. The number of carbonyl (C=O) groups excluding carboxylic acids is 1. The summed E-state index contributed by atoms with van der Waals surface area (Å²) >= 11 is 1.40. The first kappa shape index (κ1) is 9.98.